The van der Waals surface area contributed by atoms with Crippen LogP contribution in [0.15, 0.2) is 30.3 Å². The van der Waals surface area contributed by atoms with Crippen molar-refractivity contribution in [1.29, 1.82) is 0 Å². The van der Waals surface area contributed by atoms with Crippen LogP contribution in [0.1, 0.15) is 72.8 Å². The van der Waals surface area contributed by atoms with Gasteiger partial charge in [-0.1, -0.05) is 32.0 Å². The Hall–Kier alpha value is -2.76. The summed E-state index contributed by atoms with van der Waals surface area (Å²) in [5.74, 6) is 1.86. The number of amides is 1. The lowest BCUT2D eigenvalue weighted by Gasteiger charge is -2.34. The Morgan fingerprint density at radius 1 is 1.19 bits per heavy atom. The van der Waals surface area contributed by atoms with Crippen molar-refractivity contribution >= 4 is 16.8 Å². The first-order valence-corrected chi connectivity index (χ1v) is 9.64. The summed E-state index contributed by atoms with van der Waals surface area (Å²) in [4.78, 5) is 24.7. The lowest BCUT2D eigenvalue weighted by Crippen LogP contribution is -2.39. The van der Waals surface area contributed by atoms with Crippen LogP contribution in [-0.2, 0) is 0 Å². The van der Waals surface area contributed by atoms with Gasteiger partial charge in [0, 0.05) is 23.5 Å². The molecule has 1 aliphatic heterocycles. The molecule has 3 aromatic rings. The maximum Gasteiger partial charge on any atom is 0.256 e. The fraction of sp³-hybridized carbons (Fsp3) is 0.429. The number of carbonyl (C=O) groups excluding carboxylic acids is 1. The molecule has 4 rings (SSSR count). The molecule has 1 aliphatic rings. The zero-order valence-electron chi connectivity index (χ0n) is 16.1. The molecular weight excluding hydrogens is 338 g/mol. The van der Waals surface area contributed by atoms with Crippen LogP contribution < -0.4 is 0 Å². The van der Waals surface area contributed by atoms with E-state index in [0.717, 1.165) is 54.1 Å². The smallest absolute Gasteiger partial charge is 0.256 e. The zero-order valence-corrected chi connectivity index (χ0v) is 16.1. The number of benzene rings is 1. The van der Waals surface area contributed by atoms with Crippen molar-refractivity contribution in [3.63, 3.8) is 0 Å². The van der Waals surface area contributed by atoms with E-state index in [1.807, 2.05) is 42.2 Å². The van der Waals surface area contributed by atoms with E-state index in [1.165, 1.54) is 0 Å². The molecule has 1 fully saturated rings. The number of aromatic nitrogens is 4. The molecule has 0 aliphatic carbocycles. The number of hydrogen-bond donors (Lipinski definition) is 1. The fourth-order valence-electron chi connectivity index (χ4n) is 3.73. The summed E-state index contributed by atoms with van der Waals surface area (Å²) in [7, 11) is 0. The van der Waals surface area contributed by atoms with E-state index in [4.69, 9.17) is 0 Å². The van der Waals surface area contributed by atoms with Crippen molar-refractivity contribution in [2.24, 2.45) is 0 Å². The summed E-state index contributed by atoms with van der Waals surface area (Å²) < 4.78 is 0. The highest BCUT2D eigenvalue weighted by Crippen LogP contribution is 2.32. The van der Waals surface area contributed by atoms with E-state index in [-0.39, 0.29) is 17.9 Å². The molecule has 1 saturated heterocycles. The van der Waals surface area contributed by atoms with Gasteiger partial charge in [-0.05, 0) is 38.3 Å². The largest absolute Gasteiger partial charge is 0.328 e. The lowest BCUT2D eigenvalue weighted by atomic mass is 9.99. The highest BCUT2D eigenvalue weighted by Gasteiger charge is 2.32. The number of nitrogens with zero attached hydrogens (tertiary/aromatic N) is 4. The van der Waals surface area contributed by atoms with Gasteiger partial charge in [0.2, 0.25) is 0 Å². The minimum Gasteiger partial charge on any atom is -0.328 e. The first kappa shape index (κ1) is 17.6. The average Bonchev–Trinajstić information content (AvgIpc) is 3.17. The van der Waals surface area contributed by atoms with Gasteiger partial charge in [-0.3, -0.25) is 14.9 Å². The number of carbonyl (C=O) groups is 1. The molecule has 2 aromatic heterocycles. The Labute approximate surface area is 159 Å². The Bertz CT molecular complexity index is 978. The standard InChI is InChI=1S/C21H25N5O/c1-13(2)19-23-20(25-24-19)17-9-4-5-12-26(17)21(27)16-8-6-7-15-11-10-14(3)22-18(15)16/h6-8,10-11,13,17H,4-5,9,12H2,1-3H3,(H,23,24,25). The zero-order chi connectivity index (χ0) is 19.0. The number of rotatable bonds is 3. The Kier molecular flexibility index (Phi) is 4.64. The number of fused-ring (bicyclic) bond motifs is 1. The van der Waals surface area contributed by atoms with Crippen molar-refractivity contribution in [2.45, 2.75) is 52.0 Å². The number of H-pyrrole nitrogens is 1. The van der Waals surface area contributed by atoms with Gasteiger partial charge in [-0.25, -0.2) is 4.98 Å². The third kappa shape index (κ3) is 3.31. The molecule has 0 spiro atoms. The van der Waals surface area contributed by atoms with Gasteiger partial charge in [0.05, 0.1) is 17.1 Å². The van der Waals surface area contributed by atoms with Gasteiger partial charge in [-0.2, -0.15) is 5.10 Å². The molecule has 6 nitrogen and oxygen atoms in total. The molecule has 1 N–H and O–H groups in total. The summed E-state index contributed by atoms with van der Waals surface area (Å²) in [5.41, 5.74) is 2.34. The number of para-hydroxylation sites is 1. The first-order chi connectivity index (χ1) is 13.0. The SMILES string of the molecule is Cc1ccc2cccc(C(=O)N3CCCCC3c3nc(C(C)C)n[nH]3)c2n1. The quantitative estimate of drug-likeness (QED) is 0.758. The highest BCUT2D eigenvalue weighted by molar-refractivity contribution is 6.05. The normalized spacial score (nSPS) is 17.6. The van der Waals surface area contributed by atoms with E-state index in [0.29, 0.717) is 5.56 Å². The maximum atomic E-state index is 13.5. The minimum atomic E-state index is -0.0636. The van der Waals surface area contributed by atoms with Gasteiger partial charge >= 0.3 is 0 Å². The number of aryl methyl sites for hydroxylation is 1. The van der Waals surface area contributed by atoms with E-state index < -0.39 is 0 Å². The van der Waals surface area contributed by atoms with Gasteiger partial charge in [0.15, 0.2) is 5.82 Å². The first-order valence-electron chi connectivity index (χ1n) is 9.64. The second-order valence-electron chi connectivity index (χ2n) is 7.57. The molecule has 1 unspecified atom stereocenters. The van der Waals surface area contributed by atoms with Gasteiger partial charge in [-0.15, -0.1) is 0 Å². The summed E-state index contributed by atoms with van der Waals surface area (Å²) in [5, 5.41) is 8.39. The third-order valence-electron chi connectivity index (χ3n) is 5.21. The van der Waals surface area contributed by atoms with Crippen LogP contribution in [0.2, 0.25) is 0 Å². The molecule has 3 heterocycles. The highest BCUT2D eigenvalue weighted by atomic mass is 16.2. The van der Waals surface area contributed by atoms with Crippen molar-refractivity contribution < 1.29 is 4.79 Å². The van der Waals surface area contributed by atoms with Crippen LogP contribution in [-0.4, -0.2) is 37.5 Å². The van der Waals surface area contributed by atoms with E-state index in [9.17, 15) is 4.79 Å². The van der Waals surface area contributed by atoms with Crippen LogP contribution in [0.25, 0.3) is 10.9 Å². The van der Waals surface area contributed by atoms with Crippen molar-refractivity contribution in [2.75, 3.05) is 6.54 Å². The van der Waals surface area contributed by atoms with Gasteiger partial charge < -0.3 is 4.90 Å². The number of piperidine rings is 1. The average molecular weight is 363 g/mol. The number of nitrogens with one attached hydrogen (secondary N) is 1. The van der Waals surface area contributed by atoms with Crippen molar-refractivity contribution in [3.05, 3.63) is 53.2 Å². The Morgan fingerprint density at radius 3 is 2.81 bits per heavy atom. The Morgan fingerprint density at radius 2 is 2.04 bits per heavy atom. The summed E-state index contributed by atoms with van der Waals surface area (Å²) in [6.45, 7) is 6.82. The second-order valence-corrected chi connectivity index (χ2v) is 7.57. The molecule has 27 heavy (non-hydrogen) atoms. The molecule has 0 saturated carbocycles. The van der Waals surface area contributed by atoms with Crippen molar-refractivity contribution in [1.82, 2.24) is 25.1 Å². The summed E-state index contributed by atoms with van der Waals surface area (Å²) in [6.07, 6.45) is 2.99. The van der Waals surface area contributed by atoms with Crippen LogP contribution in [0, 0.1) is 6.92 Å². The monoisotopic (exact) mass is 363 g/mol. The number of hydrogen-bond acceptors (Lipinski definition) is 4. The van der Waals surface area contributed by atoms with E-state index >= 15 is 0 Å². The van der Waals surface area contributed by atoms with Crippen molar-refractivity contribution in [3.8, 4) is 0 Å². The molecule has 140 valence electrons. The molecule has 0 bridgehead atoms. The lowest BCUT2D eigenvalue weighted by molar-refractivity contribution is 0.0602. The summed E-state index contributed by atoms with van der Waals surface area (Å²) >= 11 is 0. The molecule has 1 aromatic carbocycles. The van der Waals surface area contributed by atoms with Gasteiger partial charge in [0.25, 0.3) is 5.91 Å². The predicted molar refractivity (Wildman–Crippen MR) is 105 cm³/mol. The number of pyridine rings is 1. The number of likely N-dealkylation sites (tertiary alicyclic amines) is 1. The molecule has 1 atom stereocenters. The predicted octanol–water partition coefficient (Wildman–Crippen LogP) is 4.15. The Balaban J connectivity index is 1.71. The fourth-order valence-corrected chi connectivity index (χ4v) is 3.73. The van der Waals surface area contributed by atoms with E-state index in [1.54, 1.807) is 0 Å². The topological polar surface area (TPSA) is 74.8 Å². The minimum absolute atomic E-state index is 0.0193. The maximum absolute atomic E-state index is 13.5. The second kappa shape index (κ2) is 7.10. The third-order valence-corrected chi connectivity index (χ3v) is 5.21. The van der Waals surface area contributed by atoms with Crippen LogP contribution >= 0.6 is 0 Å². The summed E-state index contributed by atoms with van der Waals surface area (Å²) in [6, 6.07) is 9.73. The van der Waals surface area contributed by atoms with Gasteiger partial charge in [0.1, 0.15) is 5.82 Å². The molecular formula is C21H25N5O. The number of aromatic amines is 1. The molecule has 0 radical (unpaired) electrons. The van der Waals surface area contributed by atoms with Crippen LogP contribution in [0.5, 0.6) is 0 Å². The molecule has 1 amide bonds. The van der Waals surface area contributed by atoms with E-state index in [2.05, 4.69) is 34.0 Å². The molecule has 6 heteroatoms. The van der Waals surface area contributed by atoms with Crippen LogP contribution in [0.3, 0.4) is 0 Å². The van der Waals surface area contributed by atoms with Crippen LogP contribution in [0.4, 0.5) is 0 Å².